The van der Waals surface area contributed by atoms with Gasteiger partial charge in [0.05, 0.1) is 5.69 Å². The molecular formula is C54H48Cl2N2P2Ru. The van der Waals surface area contributed by atoms with Crippen molar-refractivity contribution in [2.45, 2.75) is 34.2 Å². The van der Waals surface area contributed by atoms with Gasteiger partial charge in [0, 0.05) is 12.7 Å². The third kappa shape index (κ3) is 10.7. The molecule has 0 unspecified atom stereocenters. The van der Waals surface area contributed by atoms with Gasteiger partial charge >= 0.3 is 34.5 Å². The summed E-state index contributed by atoms with van der Waals surface area (Å²) in [5.41, 5.74) is 14.1. The molecule has 0 saturated carbocycles. The summed E-state index contributed by atoms with van der Waals surface area (Å²) in [7, 11) is 7.94. The molecule has 0 aliphatic carbocycles. The van der Waals surface area contributed by atoms with Gasteiger partial charge in [0.1, 0.15) is 0 Å². The fraction of sp³-hybridized carbons (Fsp3) is 0.0926. The van der Waals surface area contributed by atoms with Crippen molar-refractivity contribution in [1.29, 1.82) is 0 Å². The molecule has 0 spiro atoms. The molecule has 9 aromatic rings. The normalized spacial score (nSPS) is 11.0. The second-order valence-electron chi connectivity index (χ2n) is 15.0. The van der Waals surface area contributed by atoms with Crippen LogP contribution in [0.1, 0.15) is 27.9 Å². The molecule has 0 radical (unpaired) electrons. The summed E-state index contributed by atoms with van der Waals surface area (Å²) in [4.78, 5) is 3.97. The Bertz CT molecular complexity index is 2550. The molecule has 9 rings (SSSR count). The van der Waals surface area contributed by atoms with Gasteiger partial charge in [-0.05, 0) is 120 Å². The van der Waals surface area contributed by atoms with Gasteiger partial charge in [-0.3, -0.25) is 4.98 Å². The fourth-order valence-corrected chi connectivity index (χ4v) is 12.4. The Labute approximate surface area is 379 Å². The molecule has 1 aromatic heterocycles. The molecule has 61 heavy (non-hydrogen) atoms. The Morgan fingerprint density at radius 2 is 0.754 bits per heavy atom. The second-order valence-corrected chi connectivity index (χ2v) is 22.0. The Hall–Kier alpha value is -4.55. The van der Waals surface area contributed by atoms with E-state index in [1.165, 1.54) is 86.8 Å². The summed E-state index contributed by atoms with van der Waals surface area (Å²) < 4.78 is 0. The molecule has 0 aliphatic heterocycles. The number of hydrogen-bond acceptors (Lipinski definition) is 2. The van der Waals surface area contributed by atoms with Crippen molar-refractivity contribution in [3.05, 3.63) is 222 Å². The van der Waals surface area contributed by atoms with Crippen molar-refractivity contribution in [3.63, 3.8) is 0 Å². The topological polar surface area (TPSA) is 38.9 Å². The second kappa shape index (κ2) is 21.5. The summed E-state index contributed by atoms with van der Waals surface area (Å²) in [5.74, 6) is 0. The maximum absolute atomic E-state index is 5.29. The van der Waals surface area contributed by atoms with Crippen LogP contribution in [0.3, 0.4) is 0 Å². The molecule has 8 aromatic carbocycles. The zero-order valence-corrected chi connectivity index (χ0v) is 39.7. The predicted molar refractivity (Wildman–Crippen MR) is 267 cm³/mol. The number of pyridine rings is 1. The predicted octanol–water partition coefficient (Wildman–Crippen LogP) is 12.3. The molecular weight excluding hydrogens is 911 g/mol. The number of nitrogens with two attached hydrogens (primary N) is 1. The molecule has 0 bridgehead atoms. The number of fused-ring (bicyclic) bond motifs is 2. The van der Waals surface area contributed by atoms with Gasteiger partial charge < -0.3 is 5.73 Å². The molecule has 0 amide bonds. The van der Waals surface area contributed by atoms with E-state index in [4.69, 9.17) is 25.1 Å². The number of aromatic nitrogens is 1. The fourth-order valence-electron chi connectivity index (χ4n) is 7.57. The van der Waals surface area contributed by atoms with Gasteiger partial charge in [-0.15, -0.1) is 0 Å². The van der Waals surface area contributed by atoms with Crippen molar-refractivity contribution >= 4 is 88.6 Å². The zero-order valence-electron chi connectivity index (χ0n) is 34.7. The van der Waals surface area contributed by atoms with E-state index in [0.717, 1.165) is 5.69 Å². The van der Waals surface area contributed by atoms with Gasteiger partial charge in [0.15, 0.2) is 0 Å². The minimum atomic E-state index is -0.885. The summed E-state index contributed by atoms with van der Waals surface area (Å²) in [6, 6.07) is 70.3. The number of nitrogens with zero attached hydrogens (tertiary/aromatic N) is 1. The van der Waals surface area contributed by atoms with E-state index < -0.39 is 15.8 Å². The van der Waals surface area contributed by atoms with E-state index in [-0.39, 0.29) is 15.1 Å². The number of rotatable bonds is 8. The molecule has 1 heterocycles. The summed E-state index contributed by atoms with van der Waals surface area (Å²) in [5, 5.41) is 13.4. The van der Waals surface area contributed by atoms with E-state index >= 15 is 0 Å². The van der Waals surface area contributed by atoms with Crippen LogP contribution < -0.4 is 37.6 Å². The first-order valence-electron chi connectivity index (χ1n) is 20.2. The van der Waals surface area contributed by atoms with Gasteiger partial charge in [-0.2, -0.15) is 0 Å². The molecule has 0 fully saturated rings. The molecule has 306 valence electrons. The molecule has 0 saturated heterocycles. The van der Waals surface area contributed by atoms with E-state index in [1.54, 1.807) is 6.20 Å². The van der Waals surface area contributed by atoms with E-state index in [2.05, 4.69) is 203 Å². The van der Waals surface area contributed by atoms with Crippen LogP contribution >= 0.6 is 35.2 Å². The Morgan fingerprint density at radius 3 is 1.05 bits per heavy atom. The summed E-state index contributed by atoms with van der Waals surface area (Å²) in [6.07, 6.45) is 1.74. The quantitative estimate of drug-likeness (QED) is 0.122. The third-order valence-electron chi connectivity index (χ3n) is 10.6. The first kappa shape index (κ1) is 44.5. The van der Waals surface area contributed by atoms with Crippen molar-refractivity contribution < 1.29 is 15.1 Å². The first-order chi connectivity index (χ1) is 29.8. The van der Waals surface area contributed by atoms with Crippen LogP contribution in [0, 0.1) is 27.7 Å². The first-order valence-corrected chi connectivity index (χ1v) is 27.3. The third-order valence-corrected chi connectivity index (χ3v) is 15.6. The molecule has 7 heteroatoms. The molecule has 0 aliphatic rings. The van der Waals surface area contributed by atoms with Gasteiger partial charge in [0.2, 0.25) is 0 Å². The molecule has 0 atom stereocenters. The Balaban J connectivity index is 0.000000450. The number of halogens is 2. The average molecular weight is 959 g/mol. The summed E-state index contributed by atoms with van der Waals surface area (Å²) >= 11 is -0.346. The van der Waals surface area contributed by atoms with E-state index in [1.807, 2.05) is 18.2 Å². The number of aryl methyl sites for hydroxylation is 4. The monoisotopic (exact) mass is 958 g/mol. The zero-order chi connectivity index (χ0) is 42.7. The van der Waals surface area contributed by atoms with E-state index in [0.29, 0.717) is 6.54 Å². The van der Waals surface area contributed by atoms with Crippen LogP contribution in [0.4, 0.5) is 0 Å². The maximum atomic E-state index is 5.29. The van der Waals surface area contributed by atoms with Crippen molar-refractivity contribution in [3.8, 4) is 11.1 Å². The Kier molecular flexibility index (Phi) is 15.7. The SMILES string of the molecule is Cc1ccc(P(c2ccc(C)cc2)c2ccc3ccccc3c2-c2c(P(c3ccc(C)cc3)c3ccc(C)cc3)ccc3ccccc23)cc1.NCc1ccccn1.[Cl][Ru][Cl]. The average Bonchev–Trinajstić information content (AvgIpc) is 3.30. The van der Waals surface area contributed by atoms with Crippen molar-refractivity contribution in [1.82, 2.24) is 4.98 Å². The van der Waals surface area contributed by atoms with Crippen molar-refractivity contribution in [2.75, 3.05) is 0 Å². The number of hydrogen-bond donors (Lipinski definition) is 1. The minimum absolute atomic E-state index is 0.346. The summed E-state index contributed by atoms with van der Waals surface area (Å²) in [6.45, 7) is 9.25. The van der Waals surface area contributed by atoms with Crippen LogP contribution in [0.5, 0.6) is 0 Å². The van der Waals surface area contributed by atoms with Gasteiger partial charge in [-0.1, -0.05) is 198 Å². The van der Waals surface area contributed by atoms with Crippen molar-refractivity contribution in [2.24, 2.45) is 5.73 Å². The molecule has 2 N–H and O–H groups in total. The Morgan fingerprint density at radius 1 is 0.426 bits per heavy atom. The van der Waals surface area contributed by atoms with E-state index in [9.17, 15) is 0 Å². The van der Waals surface area contributed by atoms with Crippen LogP contribution in [-0.2, 0) is 21.7 Å². The standard InChI is InChI=1S/C48H40P2.C6H8N2.2ClH.Ru/c1-33-13-23-39(24-14-33)49(40-25-15-34(2)16-26-40)45-31-21-37-9-5-7-11-43(37)47(45)48-44-12-8-6-10-38(44)22-32-46(48)50(41-27-17-35(3)18-28-41)42-29-19-36(4)20-30-42;7-5-6-3-1-2-4-8-6;;;/h5-32H,1-4H3;1-4H,5,7H2;2*1H;/q;;;;+2/p-2. The van der Waals surface area contributed by atoms with Crippen LogP contribution in [0.25, 0.3) is 32.7 Å². The van der Waals surface area contributed by atoms with Gasteiger partial charge in [-0.25, -0.2) is 0 Å². The molecule has 2 nitrogen and oxygen atoms in total. The number of benzene rings is 8. The van der Waals surface area contributed by atoms with Crippen LogP contribution in [0.15, 0.2) is 194 Å². The van der Waals surface area contributed by atoms with Crippen LogP contribution in [0.2, 0.25) is 0 Å². The van der Waals surface area contributed by atoms with Crippen LogP contribution in [-0.4, -0.2) is 4.98 Å². The van der Waals surface area contributed by atoms with Gasteiger partial charge in [0.25, 0.3) is 0 Å².